The van der Waals surface area contributed by atoms with Crippen LogP contribution in [0.2, 0.25) is 0 Å². The molecule has 0 aliphatic carbocycles. The lowest BCUT2D eigenvalue weighted by Gasteiger charge is -2.23. The molecule has 0 unspecified atom stereocenters. The summed E-state index contributed by atoms with van der Waals surface area (Å²) in [7, 11) is 0. The van der Waals surface area contributed by atoms with E-state index in [0.29, 0.717) is 6.42 Å². The largest absolute Gasteiger partial charge is 0.263 e. The molecule has 2 heterocycles. The molecule has 130 valence electrons. The van der Waals surface area contributed by atoms with Crippen LogP contribution in [-0.4, -0.2) is 30.4 Å². The molecule has 0 atom stereocenters. The van der Waals surface area contributed by atoms with Gasteiger partial charge in [-0.25, -0.2) is 9.97 Å². The van der Waals surface area contributed by atoms with Crippen molar-refractivity contribution >= 4 is 6.08 Å². The number of aromatic amines is 2. The summed E-state index contributed by atoms with van der Waals surface area (Å²) in [4.78, 5) is 9.33. The molecule has 3 aromatic rings. The van der Waals surface area contributed by atoms with Gasteiger partial charge in [0.25, 0.3) is 0 Å². The SMILES string of the molecule is C=Cc1ccc(CC(C)(c2n[nH]c(CC)n2)c2n[nH]c(CC)n2)cc1. The summed E-state index contributed by atoms with van der Waals surface area (Å²) in [6.07, 6.45) is 4.18. The Morgan fingerprint density at radius 3 is 1.88 bits per heavy atom. The van der Waals surface area contributed by atoms with Crippen LogP contribution in [-0.2, 0) is 24.7 Å². The smallest absolute Gasteiger partial charge is 0.164 e. The van der Waals surface area contributed by atoms with Gasteiger partial charge >= 0.3 is 0 Å². The number of nitrogens with zero attached hydrogens (tertiary/aromatic N) is 4. The minimum atomic E-state index is -0.510. The lowest BCUT2D eigenvalue weighted by molar-refractivity contribution is 0.498. The molecule has 0 saturated carbocycles. The number of benzene rings is 1. The number of hydrogen-bond acceptors (Lipinski definition) is 4. The van der Waals surface area contributed by atoms with Gasteiger partial charge in [0.1, 0.15) is 11.6 Å². The van der Waals surface area contributed by atoms with Crippen molar-refractivity contribution in [1.29, 1.82) is 0 Å². The van der Waals surface area contributed by atoms with Crippen molar-refractivity contribution in [3.63, 3.8) is 0 Å². The summed E-state index contributed by atoms with van der Waals surface area (Å²) in [5.41, 5.74) is 1.77. The zero-order valence-electron chi connectivity index (χ0n) is 15.0. The topological polar surface area (TPSA) is 83.1 Å². The highest BCUT2D eigenvalue weighted by molar-refractivity contribution is 5.47. The summed E-state index contributed by atoms with van der Waals surface area (Å²) in [5.74, 6) is 3.18. The lowest BCUT2D eigenvalue weighted by Crippen LogP contribution is -2.30. The van der Waals surface area contributed by atoms with Crippen LogP contribution in [0.3, 0.4) is 0 Å². The minimum absolute atomic E-state index is 0.510. The monoisotopic (exact) mass is 336 g/mol. The first kappa shape index (κ1) is 17.1. The van der Waals surface area contributed by atoms with Gasteiger partial charge in [-0.1, -0.05) is 50.8 Å². The fourth-order valence-corrected chi connectivity index (χ4v) is 2.84. The molecule has 3 rings (SSSR count). The molecule has 25 heavy (non-hydrogen) atoms. The average molecular weight is 336 g/mol. The highest BCUT2D eigenvalue weighted by Gasteiger charge is 2.37. The van der Waals surface area contributed by atoms with Crippen LogP contribution in [0.1, 0.15) is 55.2 Å². The molecule has 0 aliphatic heterocycles. The highest BCUT2D eigenvalue weighted by Crippen LogP contribution is 2.31. The molecule has 2 N–H and O–H groups in total. The van der Waals surface area contributed by atoms with Crippen molar-refractivity contribution in [2.75, 3.05) is 0 Å². The fourth-order valence-electron chi connectivity index (χ4n) is 2.84. The molecule has 0 amide bonds. The Hall–Kier alpha value is -2.76. The number of hydrogen-bond donors (Lipinski definition) is 2. The van der Waals surface area contributed by atoms with E-state index >= 15 is 0 Å². The van der Waals surface area contributed by atoms with E-state index in [1.165, 1.54) is 5.56 Å². The van der Waals surface area contributed by atoms with E-state index in [0.717, 1.165) is 41.7 Å². The van der Waals surface area contributed by atoms with E-state index in [1.54, 1.807) is 0 Å². The van der Waals surface area contributed by atoms with Gasteiger partial charge in [-0.05, 0) is 24.5 Å². The van der Waals surface area contributed by atoms with E-state index in [2.05, 4.69) is 82.0 Å². The molecule has 0 radical (unpaired) electrons. The van der Waals surface area contributed by atoms with Crippen molar-refractivity contribution < 1.29 is 0 Å². The molecule has 6 heteroatoms. The zero-order valence-corrected chi connectivity index (χ0v) is 15.0. The maximum absolute atomic E-state index is 4.67. The van der Waals surface area contributed by atoms with Crippen molar-refractivity contribution in [3.05, 3.63) is 65.3 Å². The Morgan fingerprint density at radius 1 is 0.960 bits per heavy atom. The average Bonchev–Trinajstić information content (AvgIpc) is 3.32. The zero-order chi connectivity index (χ0) is 17.9. The van der Waals surface area contributed by atoms with Crippen molar-refractivity contribution in [1.82, 2.24) is 30.4 Å². The first-order chi connectivity index (χ1) is 12.1. The second-order valence-electron chi connectivity index (χ2n) is 6.37. The van der Waals surface area contributed by atoms with Crippen LogP contribution in [0.15, 0.2) is 30.8 Å². The number of nitrogens with one attached hydrogen (secondary N) is 2. The van der Waals surface area contributed by atoms with Gasteiger partial charge in [-0.2, -0.15) is 10.2 Å². The normalized spacial score (nSPS) is 11.6. The third kappa shape index (κ3) is 3.38. The summed E-state index contributed by atoms with van der Waals surface area (Å²) < 4.78 is 0. The maximum Gasteiger partial charge on any atom is 0.164 e. The predicted octanol–water partition coefficient (Wildman–Crippen LogP) is 3.24. The Kier molecular flexibility index (Phi) is 4.79. The van der Waals surface area contributed by atoms with Crippen molar-refractivity contribution in [2.45, 2.75) is 45.4 Å². The van der Waals surface area contributed by atoms with Crippen LogP contribution in [0.5, 0.6) is 0 Å². The van der Waals surface area contributed by atoms with E-state index in [1.807, 2.05) is 6.08 Å². The van der Waals surface area contributed by atoms with E-state index in [-0.39, 0.29) is 0 Å². The molecule has 0 fully saturated rings. The fraction of sp³-hybridized carbons (Fsp3) is 0.368. The van der Waals surface area contributed by atoms with Crippen molar-refractivity contribution in [2.24, 2.45) is 0 Å². The second kappa shape index (κ2) is 7.01. The van der Waals surface area contributed by atoms with Gasteiger partial charge in [0.15, 0.2) is 11.6 Å². The molecular formula is C19H24N6. The first-order valence-electron chi connectivity index (χ1n) is 8.64. The molecular weight excluding hydrogens is 312 g/mol. The van der Waals surface area contributed by atoms with Crippen LogP contribution >= 0.6 is 0 Å². The Labute approximate surface area is 147 Å². The molecule has 0 saturated heterocycles. The summed E-state index contributed by atoms with van der Waals surface area (Å²) in [6, 6.07) is 8.34. The quantitative estimate of drug-likeness (QED) is 0.694. The van der Waals surface area contributed by atoms with Crippen LogP contribution < -0.4 is 0 Å². The Morgan fingerprint density at radius 2 is 1.48 bits per heavy atom. The van der Waals surface area contributed by atoms with E-state index in [9.17, 15) is 0 Å². The lowest BCUT2D eigenvalue weighted by atomic mass is 9.81. The van der Waals surface area contributed by atoms with Crippen LogP contribution in [0, 0.1) is 0 Å². The summed E-state index contributed by atoms with van der Waals surface area (Å²) in [6.45, 7) is 10.0. The maximum atomic E-state index is 4.67. The molecule has 0 bridgehead atoms. The minimum Gasteiger partial charge on any atom is -0.263 e. The van der Waals surface area contributed by atoms with Crippen LogP contribution in [0.25, 0.3) is 6.08 Å². The number of aryl methyl sites for hydroxylation is 2. The molecule has 1 aromatic carbocycles. The number of H-pyrrole nitrogens is 2. The van der Waals surface area contributed by atoms with Gasteiger partial charge in [0.05, 0.1) is 5.41 Å². The Bertz CT molecular complexity index is 801. The van der Waals surface area contributed by atoms with Gasteiger partial charge < -0.3 is 0 Å². The van der Waals surface area contributed by atoms with E-state index in [4.69, 9.17) is 0 Å². The van der Waals surface area contributed by atoms with E-state index < -0.39 is 5.41 Å². The molecule has 0 aliphatic rings. The molecule has 0 spiro atoms. The highest BCUT2D eigenvalue weighted by atomic mass is 15.3. The van der Waals surface area contributed by atoms with Gasteiger partial charge in [0, 0.05) is 12.8 Å². The third-order valence-corrected chi connectivity index (χ3v) is 4.49. The second-order valence-corrected chi connectivity index (χ2v) is 6.37. The first-order valence-corrected chi connectivity index (χ1v) is 8.64. The molecule has 2 aromatic heterocycles. The number of aromatic nitrogens is 6. The predicted molar refractivity (Wildman–Crippen MR) is 98.2 cm³/mol. The molecule has 6 nitrogen and oxygen atoms in total. The third-order valence-electron chi connectivity index (χ3n) is 4.49. The van der Waals surface area contributed by atoms with Crippen molar-refractivity contribution in [3.8, 4) is 0 Å². The van der Waals surface area contributed by atoms with Crippen LogP contribution in [0.4, 0.5) is 0 Å². The Balaban J connectivity index is 2.02. The summed E-state index contributed by atoms with van der Waals surface area (Å²) >= 11 is 0. The van der Waals surface area contributed by atoms with Gasteiger partial charge in [-0.15, -0.1) is 0 Å². The standard InChI is InChI=1S/C19H24N6/c1-5-13-8-10-14(11-9-13)12-19(4,17-20-15(6-2)22-24-17)18-21-16(7-3)23-25-18/h5,8-11H,1,6-7,12H2,2-4H3,(H,20,22,24)(H,21,23,25). The van der Waals surface area contributed by atoms with Gasteiger partial charge in [0.2, 0.25) is 0 Å². The summed E-state index contributed by atoms with van der Waals surface area (Å²) in [5, 5.41) is 14.9. The van der Waals surface area contributed by atoms with Gasteiger partial charge in [-0.3, -0.25) is 10.2 Å². The number of rotatable bonds is 7.